The fraction of sp³-hybridized carbons (Fsp3) is 0.200. The number of carbonyl (C=O) groups excluding carboxylic acids is 1. The summed E-state index contributed by atoms with van der Waals surface area (Å²) in [5, 5.41) is 3.18. The SMILES string of the molecule is CNS(=O)(=O)c1ccc(CNC(=O)c2sc(-c3ccc(C(F)(F)F)cc3)nc2C)cc1. The van der Waals surface area contributed by atoms with E-state index in [1.807, 2.05) is 0 Å². The lowest BCUT2D eigenvalue weighted by atomic mass is 10.1. The molecule has 0 spiro atoms. The Labute approximate surface area is 181 Å². The first-order chi connectivity index (χ1) is 14.5. The van der Waals surface area contributed by atoms with E-state index < -0.39 is 21.8 Å². The van der Waals surface area contributed by atoms with Crippen molar-refractivity contribution < 1.29 is 26.4 Å². The van der Waals surface area contributed by atoms with Gasteiger partial charge in [-0.2, -0.15) is 13.2 Å². The van der Waals surface area contributed by atoms with Crippen LogP contribution in [0, 0.1) is 6.92 Å². The van der Waals surface area contributed by atoms with Gasteiger partial charge in [0.15, 0.2) is 0 Å². The van der Waals surface area contributed by atoms with Gasteiger partial charge in [-0.15, -0.1) is 11.3 Å². The summed E-state index contributed by atoms with van der Waals surface area (Å²) < 4.78 is 63.9. The molecule has 1 aromatic heterocycles. The number of alkyl halides is 3. The highest BCUT2D eigenvalue weighted by molar-refractivity contribution is 7.89. The topological polar surface area (TPSA) is 88.2 Å². The van der Waals surface area contributed by atoms with Crippen LogP contribution in [0.1, 0.15) is 26.5 Å². The number of rotatable bonds is 6. The van der Waals surface area contributed by atoms with Crippen LogP contribution in [0.15, 0.2) is 53.4 Å². The number of aryl methyl sites for hydroxylation is 1. The molecule has 164 valence electrons. The molecule has 3 rings (SSSR count). The molecule has 2 N–H and O–H groups in total. The van der Waals surface area contributed by atoms with Crippen molar-refractivity contribution in [2.45, 2.75) is 24.5 Å². The molecule has 0 aliphatic heterocycles. The first-order valence-corrected chi connectivity index (χ1v) is 11.3. The van der Waals surface area contributed by atoms with Gasteiger partial charge in [-0.25, -0.2) is 18.1 Å². The number of thiazole rings is 1. The summed E-state index contributed by atoms with van der Waals surface area (Å²) in [5.74, 6) is -0.375. The summed E-state index contributed by atoms with van der Waals surface area (Å²) in [6.45, 7) is 1.82. The van der Waals surface area contributed by atoms with Gasteiger partial charge in [-0.05, 0) is 43.8 Å². The van der Waals surface area contributed by atoms with Crippen molar-refractivity contribution in [1.29, 1.82) is 0 Å². The van der Waals surface area contributed by atoms with E-state index >= 15 is 0 Å². The standard InChI is InChI=1S/C20H18F3N3O3S2/c1-12-17(30-19(26-12)14-5-7-15(8-6-14)20(21,22)23)18(27)25-11-13-3-9-16(10-4-13)31(28,29)24-2/h3-10,24H,11H2,1-2H3,(H,25,27). The molecule has 0 aliphatic carbocycles. The number of carbonyl (C=O) groups is 1. The minimum atomic E-state index is -4.42. The van der Waals surface area contributed by atoms with Crippen LogP contribution in [0.2, 0.25) is 0 Å². The van der Waals surface area contributed by atoms with Gasteiger partial charge in [0.05, 0.1) is 16.2 Å². The minimum absolute atomic E-state index is 0.115. The van der Waals surface area contributed by atoms with Gasteiger partial charge in [-0.3, -0.25) is 4.79 Å². The Kier molecular flexibility index (Phi) is 6.48. The maximum Gasteiger partial charge on any atom is 0.416 e. The van der Waals surface area contributed by atoms with Crippen LogP contribution in [0.5, 0.6) is 0 Å². The number of hydrogen-bond acceptors (Lipinski definition) is 5. The number of sulfonamides is 1. The Morgan fingerprint density at radius 3 is 2.23 bits per heavy atom. The molecular formula is C20H18F3N3O3S2. The Morgan fingerprint density at radius 2 is 1.68 bits per heavy atom. The largest absolute Gasteiger partial charge is 0.416 e. The summed E-state index contributed by atoms with van der Waals surface area (Å²) in [6.07, 6.45) is -4.42. The van der Waals surface area contributed by atoms with Crippen molar-refractivity contribution in [2.75, 3.05) is 7.05 Å². The molecule has 0 radical (unpaired) electrons. The van der Waals surface area contributed by atoms with E-state index in [-0.39, 0.29) is 17.3 Å². The van der Waals surface area contributed by atoms with Crippen molar-refractivity contribution in [3.8, 4) is 10.6 Å². The first kappa shape index (κ1) is 22.9. The van der Waals surface area contributed by atoms with E-state index in [0.29, 0.717) is 26.7 Å². The smallest absolute Gasteiger partial charge is 0.347 e. The normalized spacial score (nSPS) is 12.0. The van der Waals surface area contributed by atoms with Crippen LogP contribution in [-0.2, 0) is 22.7 Å². The quantitative estimate of drug-likeness (QED) is 0.572. The Morgan fingerprint density at radius 1 is 1.06 bits per heavy atom. The van der Waals surface area contributed by atoms with Crippen molar-refractivity contribution in [2.24, 2.45) is 0 Å². The van der Waals surface area contributed by atoms with E-state index in [1.54, 1.807) is 19.1 Å². The van der Waals surface area contributed by atoms with E-state index in [1.165, 1.54) is 31.3 Å². The van der Waals surface area contributed by atoms with E-state index in [4.69, 9.17) is 0 Å². The predicted molar refractivity (Wildman–Crippen MR) is 111 cm³/mol. The lowest BCUT2D eigenvalue weighted by Gasteiger charge is -2.06. The molecular weight excluding hydrogens is 451 g/mol. The van der Waals surface area contributed by atoms with Gasteiger partial charge in [-0.1, -0.05) is 24.3 Å². The monoisotopic (exact) mass is 469 g/mol. The minimum Gasteiger partial charge on any atom is -0.347 e. The molecule has 2 aromatic carbocycles. The second-order valence-electron chi connectivity index (χ2n) is 6.54. The van der Waals surface area contributed by atoms with Crippen molar-refractivity contribution >= 4 is 27.3 Å². The number of benzene rings is 2. The molecule has 3 aromatic rings. The van der Waals surface area contributed by atoms with Crippen molar-refractivity contribution in [3.63, 3.8) is 0 Å². The number of amides is 1. The summed E-state index contributed by atoms with van der Waals surface area (Å²) in [5.41, 5.74) is 0.902. The second-order valence-corrected chi connectivity index (χ2v) is 9.43. The number of halogens is 3. The molecule has 6 nitrogen and oxygen atoms in total. The van der Waals surface area contributed by atoms with Crippen molar-refractivity contribution in [1.82, 2.24) is 15.0 Å². The average molecular weight is 470 g/mol. The van der Waals surface area contributed by atoms with Crippen LogP contribution in [0.25, 0.3) is 10.6 Å². The number of nitrogens with one attached hydrogen (secondary N) is 2. The molecule has 0 fully saturated rings. The zero-order valence-electron chi connectivity index (χ0n) is 16.4. The zero-order chi connectivity index (χ0) is 22.8. The highest BCUT2D eigenvalue weighted by Crippen LogP contribution is 2.33. The van der Waals surface area contributed by atoms with Crippen LogP contribution in [0.4, 0.5) is 13.2 Å². The van der Waals surface area contributed by atoms with E-state index in [0.717, 1.165) is 23.5 Å². The van der Waals surface area contributed by atoms with Gasteiger partial charge >= 0.3 is 6.18 Å². The Hall–Kier alpha value is -2.76. The van der Waals surface area contributed by atoms with Gasteiger partial charge < -0.3 is 5.32 Å². The van der Waals surface area contributed by atoms with E-state index in [2.05, 4.69) is 15.0 Å². The summed E-state index contributed by atoms with van der Waals surface area (Å²) >= 11 is 1.09. The second kappa shape index (κ2) is 8.77. The zero-order valence-corrected chi connectivity index (χ0v) is 18.1. The number of hydrogen-bond donors (Lipinski definition) is 2. The molecule has 1 heterocycles. The van der Waals surface area contributed by atoms with Crippen LogP contribution >= 0.6 is 11.3 Å². The lowest BCUT2D eigenvalue weighted by Crippen LogP contribution is -2.22. The molecule has 0 saturated heterocycles. The van der Waals surface area contributed by atoms with Crippen molar-refractivity contribution in [3.05, 3.63) is 70.2 Å². The Balaban J connectivity index is 1.70. The van der Waals surface area contributed by atoms with Gasteiger partial charge in [0.25, 0.3) is 5.91 Å². The molecule has 1 amide bonds. The molecule has 0 atom stereocenters. The molecule has 0 bridgehead atoms. The third-order valence-electron chi connectivity index (χ3n) is 4.42. The summed E-state index contributed by atoms with van der Waals surface area (Å²) in [7, 11) is -2.22. The van der Waals surface area contributed by atoms with Crippen LogP contribution in [0.3, 0.4) is 0 Å². The number of aromatic nitrogens is 1. The van der Waals surface area contributed by atoms with Gasteiger partial charge in [0, 0.05) is 12.1 Å². The first-order valence-electron chi connectivity index (χ1n) is 8.97. The van der Waals surface area contributed by atoms with Gasteiger partial charge in [0.1, 0.15) is 9.88 Å². The van der Waals surface area contributed by atoms with Crippen LogP contribution in [-0.4, -0.2) is 26.4 Å². The summed E-state index contributed by atoms with van der Waals surface area (Å²) in [4.78, 5) is 17.3. The van der Waals surface area contributed by atoms with E-state index in [9.17, 15) is 26.4 Å². The summed E-state index contributed by atoms with van der Waals surface area (Å²) in [6, 6.07) is 10.7. The predicted octanol–water partition coefficient (Wildman–Crippen LogP) is 3.98. The molecule has 0 unspecified atom stereocenters. The third-order valence-corrected chi connectivity index (χ3v) is 7.05. The fourth-order valence-corrected chi connectivity index (χ4v) is 4.42. The van der Waals surface area contributed by atoms with Gasteiger partial charge in [0.2, 0.25) is 10.0 Å². The Bertz CT molecular complexity index is 1190. The van der Waals surface area contributed by atoms with Crippen LogP contribution < -0.4 is 10.0 Å². The molecule has 0 aliphatic rings. The molecule has 11 heteroatoms. The number of nitrogens with zero attached hydrogens (tertiary/aromatic N) is 1. The fourth-order valence-electron chi connectivity index (χ4n) is 2.70. The molecule has 31 heavy (non-hydrogen) atoms. The maximum atomic E-state index is 12.7. The average Bonchev–Trinajstić information content (AvgIpc) is 3.13. The lowest BCUT2D eigenvalue weighted by molar-refractivity contribution is -0.137. The highest BCUT2D eigenvalue weighted by Gasteiger charge is 2.30. The third kappa shape index (κ3) is 5.30. The highest BCUT2D eigenvalue weighted by atomic mass is 32.2. The maximum absolute atomic E-state index is 12.7. The molecule has 0 saturated carbocycles.